The molecule has 0 spiro atoms. The van der Waals surface area contributed by atoms with Gasteiger partial charge in [0.2, 0.25) is 5.91 Å². The quantitative estimate of drug-likeness (QED) is 0.592. The molecule has 24 heavy (non-hydrogen) atoms. The van der Waals surface area contributed by atoms with Crippen LogP contribution in [-0.4, -0.2) is 47.7 Å². The zero-order chi connectivity index (χ0) is 18.2. The van der Waals surface area contributed by atoms with Crippen molar-refractivity contribution >= 4 is 12.0 Å². The second-order valence-corrected chi connectivity index (χ2v) is 8.26. The van der Waals surface area contributed by atoms with Crippen LogP contribution in [0.4, 0.5) is 4.79 Å². The molecule has 1 atom stereocenters. The van der Waals surface area contributed by atoms with E-state index in [0.717, 1.165) is 6.42 Å². The topological polar surface area (TPSA) is 95.7 Å². The SMILES string of the molecule is CC(C)(C)CN(CCCNC(=O)[C@@H](N)CC1CCCCC1)C(=O)O. The number of carbonyl (C=O) groups is 2. The van der Waals surface area contributed by atoms with Crippen LogP contribution in [0.5, 0.6) is 0 Å². The summed E-state index contributed by atoms with van der Waals surface area (Å²) < 4.78 is 0. The molecule has 0 aromatic rings. The van der Waals surface area contributed by atoms with Crippen molar-refractivity contribution in [2.75, 3.05) is 19.6 Å². The number of hydrogen-bond acceptors (Lipinski definition) is 3. The summed E-state index contributed by atoms with van der Waals surface area (Å²) >= 11 is 0. The van der Waals surface area contributed by atoms with Gasteiger partial charge in [-0.1, -0.05) is 52.9 Å². The lowest BCUT2D eigenvalue weighted by molar-refractivity contribution is -0.122. The fourth-order valence-electron chi connectivity index (χ4n) is 3.32. The van der Waals surface area contributed by atoms with Crippen molar-refractivity contribution in [2.24, 2.45) is 17.1 Å². The van der Waals surface area contributed by atoms with Crippen LogP contribution >= 0.6 is 0 Å². The Hall–Kier alpha value is -1.30. The number of carboxylic acid groups (broad SMARTS) is 1. The van der Waals surface area contributed by atoms with E-state index >= 15 is 0 Å². The van der Waals surface area contributed by atoms with Gasteiger partial charge in [0.05, 0.1) is 6.04 Å². The minimum absolute atomic E-state index is 0.0794. The Balaban J connectivity index is 2.24. The first-order valence-electron chi connectivity index (χ1n) is 9.20. The normalized spacial score (nSPS) is 17.3. The summed E-state index contributed by atoms with van der Waals surface area (Å²) in [6.07, 6.45) is 6.61. The summed E-state index contributed by atoms with van der Waals surface area (Å²) in [5, 5.41) is 12.1. The lowest BCUT2D eigenvalue weighted by Crippen LogP contribution is -2.43. The number of rotatable bonds is 8. The maximum absolute atomic E-state index is 12.1. The van der Waals surface area contributed by atoms with Crippen LogP contribution in [0.15, 0.2) is 0 Å². The number of amides is 2. The summed E-state index contributed by atoms with van der Waals surface area (Å²) in [6.45, 7) is 7.40. The first-order chi connectivity index (χ1) is 11.2. The van der Waals surface area contributed by atoms with Gasteiger partial charge in [-0.25, -0.2) is 4.79 Å². The van der Waals surface area contributed by atoms with Crippen LogP contribution in [0.2, 0.25) is 0 Å². The Morgan fingerprint density at radius 2 is 1.88 bits per heavy atom. The molecule has 140 valence electrons. The van der Waals surface area contributed by atoms with Gasteiger partial charge in [-0.2, -0.15) is 0 Å². The van der Waals surface area contributed by atoms with Crippen molar-refractivity contribution in [3.63, 3.8) is 0 Å². The zero-order valence-corrected chi connectivity index (χ0v) is 15.5. The molecule has 0 aromatic heterocycles. The van der Waals surface area contributed by atoms with Gasteiger partial charge in [0.1, 0.15) is 0 Å². The van der Waals surface area contributed by atoms with Crippen molar-refractivity contribution in [3.05, 3.63) is 0 Å². The highest BCUT2D eigenvalue weighted by Gasteiger charge is 2.22. The molecule has 4 N–H and O–H groups in total. The van der Waals surface area contributed by atoms with Crippen molar-refractivity contribution < 1.29 is 14.7 Å². The highest BCUT2D eigenvalue weighted by molar-refractivity contribution is 5.81. The van der Waals surface area contributed by atoms with E-state index in [2.05, 4.69) is 5.32 Å². The van der Waals surface area contributed by atoms with Crippen molar-refractivity contribution in [3.8, 4) is 0 Å². The lowest BCUT2D eigenvalue weighted by atomic mass is 9.85. The molecule has 6 nitrogen and oxygen atoms in total. The van der Waals surface area contributed by atoms with Crippen LogP contribution in [0.3, 0.4) is 0 Å². The molecule has 0 heterocycles. The van der Waals surface area contributed by atoms with E-state index in [1.807, 2.05) is 20.8 Å². The molecule has 1 fully saturated rings. The molecule has 0 unspecified atom stereocenters. The molecule has 1 saturated carbocycles. The fourth-order valence-corrected chi connectivity index (χ4v) is 3.32. The van der Waals surface area contributed by atoms with Gasteiger partial charge >= 0.3 is 6.09 Å². The number of nitrogens with one attached hydrogen (secondary N) is 1. The van der Waals surface area contributed by atoms with E-state index in [9.17, 15) is 14.7 Å². The predicted octanol–water partition coefficient (Wildman–Crippen LogP) is 2.82. The van der Waals surface area contributed by atoms with Crippen molar-refractivity contribution in [2.45, 2.75) is 71.8 Å². The fraction of sp³-hybridized carbons (Fsp3) is 0.889. The average molecular weight is 341 g/mol. The molecule has 6 heteroatoms. The van der Waals surface area contributed by atoms with Gasteiger partial charge in [-0.3, -0.25) is 4.79 Å². The maximum atomic E-state index is 12.1. The molecule has 1 rings (SSSR count). The van der Waals surface area contributed by atoms with Crippen LogP contribution in [0.25, 0.3) is 0 Å². The lowest BCUT2D eigenvalue weighted by Gasteiger charge is -2.28. The van der Waals surface area contributed by atoms with E-state index in [1.54, 1.807) is 0 Å². The summed E-state index contributed by atoms with van der Waals surface area (Å²) in [7, 11) is 0. The van der Waals surface area contributed by atoms with E-state index in [4.69, 9.17) is 5.73 Å². The average Bonchev–Trinajstić information content (AvgIpc) is 2.49. The van der Waals surface area contributed by atoms with E-state index in [0.29, 0.717) is 32.0 Å². The van der Waals surface area contributed by atoms with Gasteiger partial charge in [-0.15, -0.1) is 0 Å². The highest BCUT2D eigenvalue weighted by Crippen LogP contribution is 2.26. The number of hydrogen-bond donors (Lipinski definition) is 3. The molecule has 2 amide bonds. The van der Waals surface area contributed by atoms with Crippen LogP contribution in [0.1, 0.15) is 65.7 Å². The first kappa shape index (κ1) is 20.7. The Bertz CT molecular complexity index is 401. The summed E-state index contributed by atoms with van der Waals surface area (Å²) in [6, 6.07) is -0.446. The summed E-state index contributed by atoms with van der Waals surface area (Å²) in [5.74, 6) is 0.465. The molecular formula is C18H35N3O3. The van der Waals surface area contributed by atoms with Crippen molar-refractivity contribution in [1.29, 1.82) is 0 Å². The van der Waals surface area contributed by atoms with E-state index in [-0.39, 0.29) is 11.3 Å². The third-order valence-electron chi connectivity index (χ3n) is 4.49. The van der Waals surface area contributed by atoms with E-state index in [1.165, 1.54) is 37.0 Å². The Labute approximate surface area is 146 Å². The van der Waals surface area contributed by atoms with Gasteiger partial charge < -0.3 is 21.1 Å². The molecule has 0 saturated heterocycles. The molecule has 0 aromatic carbocycles. The Morgan fingerprint density at radius 1 is 1.25 bits per heavy atom. The van der Waals surface area contributed by atoms with Gasteiger partial charge in [0.25, 0.3) is 0 Å². The molecule has 0 aliphatic heterocycles. The largest absolute Gasteiger partial charge is 0.465 e. The van der Waals surface area contributed by atoms with Gasteiger partial charge in [-0.05, 0) is 24.2 Å². The smallest absolute Gasteiger partial charge is 0.407 e. The third kappa shape index (κ3) is 8.52. The molecule has 0 bridgehead atoms. The predicted molar refractivity (Wildman–Crippen MR) is 95.8 cm³/mol. The number of nitrogens with zero attached hydrogens (tertiary/aromatic N) is 1. The monoisotopic (exact) mass is 341 g/mol. The zero-order valence-electron chi connectivity index (χ0n) is 15.5. The molecule has 1 aliphatic carbocycles. The Kier molecular flexibility index (Phi) is 8.53. The second kappa shape index (κ2) is 9.87. The first-order valence-corrected chi connectivity index (χ1v) is 9.20. The molecule has 0 radical (unpaired) electrons. The number of nitrogens with two attached hydrogens (primary N) is 1. The minimum atomic E-state index is -0.912. The molecular weight excluding hydrogens is 306 g/mol. The number of carbonyl (C=O) groups excluding carboxylic acids is 1. The summed E-state index contributed by atoms with van der Waals surface area (Å²) in [5.41, 5.74) is 5.93. The van der Waals surface area contributed by atoms with E-state index < -0.39 is 12.1 Å². The van der Waals surface area contributed by atoms with Crippen LogP contribution in [-0.2, 0) is 4.79 Å². The van der Waals surface area contributed by atoms with Crippen molar-refractivity contribution in [1.82, 2.24) is 10.2 Å². The standard InChI is InChI=1S/C18H35N3O3/c1-18(2,3)13-21(17(23)24)11-7-10-20-16(22)15(19)12-14-8-5-4-6-9-14/h14-15H,4-13,19H2,1-3H3,(H,20,22)(H,23,24)/t15-/m0/s1. The highest BCUT2D eigenvalue weighted by atomic mass is 16.4. The van der Waals surface area contributed by atoms with Gasteiger partial charge in [0.15, 0.2) is 0 Å². The molecule has 1 aliphatic rings. The third-order valence-corrected chi connectivity index (χ3v) is 4.49. The Morgan fingerprint density at radius 3 is 2.42 bits per heavy atom. The second-order valence-electron chi connectivity index (χ2n) is 8.26. The van der Waals surface area contributed by atoms with Crippen LogP contribution < -0.4 is 11.1 Å². The maximum Gasteiger partial charge on any atom is 0.407 e. The van der Waals surface area contributed by atoms with Gasteiger partial charge in [0, 0.05) is 19.6 Å². The summed E-state index contributed by atoms with van der Waals surface area (Å²) in [4.78, 5) is 24.7. The minimum Gasteiger partial charge on any atom is -0.465 e. The van der Waals surface area contributed by atoms with Crippen LogP contribution in [0, 0.1) is 11.3 Å².